The van der Waals surface area contributed by atoms with Crippen molar-refractivity contribution in [2.24, 2.45) is 0 Å². The Morgan fingerprint density at radius 3 is 2.38 bits per heavy atom. The number of pyridine rings is 2. The van der Waals surface area contributed by atoms with Gasteiger partial charge in [-0.3, -0.25) is 24.5 Å². The Labute approximate surface area is 151 Å². The quantitative estimate of drug-likeness (QED) is 0.678. The van der Waals surface area contributed by atoms with Gasteiger partial charge in [0.25, 0.3) is 11.8 Å². The highest BCUT2D eigenvalue weighted by atomic mass is 16.2. The van der Waals surface area contributed by atoms with E-state index in [4.69, 9.17) is 0 Å². The van der Waals surface area contributed by atoms with Crippen molar-refractivity contribution in [3.8, 4) is 0 Å². The molecule has 0 aliphatic carbocycles. The van der Waals surface area contributed by atoms with Crippen LogP contribution in [-0.2, 0) is 6.42 Å². The lowest BCUT2D eigenvalue weighted by Crippen LogP contribution is -2.32. The average Bonchev–Trinajstić information content (AvgIpc) is 2.91. The third-order valence-corrected chi connectivity index (χ3v) is 4.76. The maximum atomic E-state index is 13.1. The SMILES string of the molecule is CC(C)c1nc2ccccc2c2c1C(=O)N(CCc1ccncc1)C2=O. The van der Waals surface area contributed by atoms with E-state index in [0.717, 1.165) is 16.5 Å². The number of aromatic nitrogens is 2. The Kier molecular flexibility index (Phi) is 3.99. The van der Waals surface area contributed by atoms with Gasteiger partial charge < -0.3 is 0 Å². The average molecular weight is 345 g/mol. The minimum Gasteiger partial charge on any atom is -0.274 e. The standard InChI is InChI=1S/C21H19N3O2/c1-13(2)19-18-17(15-5-3-4-6-16(15)23-19)20(25)24(21(18)26)12-9-14-7-10-22-11-8-14/h3-8,10-11,13H,9,12H2,1-2H3. The third-order valence-electron chi connectivity index (χ3n) is 4.76. The fourth-order valence-corrected chi connectivity index (χ4v) is 3.44. The van der Waals surface area contributed by atoms with Gasteiger partial charge in [-0.05, 0) is 36.1 Å². The molecule has 2 amide bonds. The fourth-order valence-electron chi connectivity index (χ4n) is 3.44. The number of hydrogen-bond acceptors (Lipinski definition) is 4. The number of carbonyl (C=O) groups excluding carboxylic acids is 2. The summed E-state index contributed by atoms with van der Waals surface area (Å²) in [5, 5.41) is 0.747. The van der Waals surface area contributed by atoms with Crippen molar-refractivity contribution < 1.29 is 9.59 Å². The molecule has 3 aromatic rings. The Balaban J connectivity index is 1.78. The topological polar surface area (TPSA) is 63.2 Å². The summed E-state index contributed by atoms with van der Waals surface area (Å²) in [6.45, 7) is 4.34. The molecule has 130 valence electrons. The summed E-state index contributed by atoms with van der Waals surface area (Å²) in [6.07, 6.45) is 4.04. The number of amides is 2. The van der Waals surface area contributed by atoms with Crippen LogP contribution in [0.15, 0.2) is 48.8 Å². The van der Waals surface area contributed by atoms with Crippen molar-refractivity contribution in [3.05, 3.63) is 71.2 Å². The number of para-hydroxylation sites is 1. The highest BCUT2D eigenvalue weighted by Crippen LogP contribution is 2.34. The predicted molar refractivity (Wildman–Crippen MR) is 99.1 cm³/mol. The molecule has 0 spiro atoms. The first kappa shape index (κ1) is 16.4. The second-order valence-corrected chi connectivity index (χ2v) is 6.79. The monoisotopic (exact) mass is 345 g/mol. The summed E-state index contributed by atoms with van der Waals surface area (Å²) in [5.41, 5.74) is 3.47. The molecule has 0 unspecified atom stereocenters. The molecule has 5 nitrogen and oxygen atoms in total. The van der Waals surface area contributed by atoms with Crippen LogP contribution in [0.3, 0.4) is 0 Å². The summed E-state index contributed by atoms with van der Waals surface area (Å²) in [5.74, 6) is -0.397. The smallest absolute Gasteiger partial charge is 0.263 e. The van der Waals surface area contributed by atoms with Crippen LogP contribution in [-0.4, -0.2) is 33.2 Å². The normalized spacial score (nSPS) is 13.7. The molecular weight excluding hydrogens is 326 g/mol. The highest BCUT2D eigenvalue weighted by molar-refractivity contribution is 6.26. The van der Waals surface area contributed by atoms with Crippen molar-refractivity contribution in [1.82, 2.24) is 14.9 Å². The van der Waals surface area contributed by atoms with Crippen molar-refractivity contribution >= 4 is 22.7 Å². The van der Waals surface area contributed by atoms with Gasteiger partial charge in [-0.2, -0.15) is 0 Å². The molecule has 2 aromatic heterocycles. The minimum atomic E-state index is -0.235. The Morgan fingerprint density at radius 2 is 1.65 bits per heavy atom. The van der Waals surface area contributed by atoms with E-state index in [1.165, 1.54) is 4.90 Å². The van der Waals surface area contributed by atoms with Gasteiger partial charge in [-0.1, -0.05) is 32.0 Å². The minimum absolute atomic E-state index is 0.0604. The van der Waals surface area contributed by atoms with Crippen LogP contribution >= 0.6 is 0 Å². The van der Waals surface area contributed by atoms with E-state index in [2.05, 4.69) is 9.97 Å². The zero-order chi connectivity index (χ0) is 18.3. The van der Waals surface area contributed by atoms with Crippen LogP contribution < -0.4 is 0 Å². The van der Waals surface area contributed by atoms with Gasteiger partial charge >= 0.3 is 0 Å². The first-order valence-electron chi connectivity index (χ1n) is 8.75. The molecule has 3 heterocycles. The van der Waals surface area contributed by atoms with Gasteiger partial charge in [0, 0.05) is 24.3 Å². The zero-order valence-corrected chi connectivity index (χ0v) is 14.8. The largest absolute Gasteiger partial charge is 0.274 e. The molecule has 5 heteroatoms. The molecule has 0 saturated heterocycles. The zero-order valence-electron chi connectivity index (χ0n) is 14.8. The number of fused-ring (bicyclic) bond motifs is 3. The van der Waals surface area contributed by atoms with Crippen LogP contribution in [0.2, 0.25) is 0 Å². The van der Waals surface area contributed by atoms with Crippen molar-refractivity contribution in [3.63, 3.8) is 0 Å². The number of hydrogen-bond donors (Lipinski definition) is 0. The van der Waals surface area contributed by atoms with E-state index >= 15 is 0 Å². The van der Waals surface area contributed by atoms with Crippen LogP contribution in [0, 0.1) is 0 Å². The number of benzene rings is 1. The summed E-state index contributed by atoms with van der Waals surface area (Å²) in [7, 11) is 0. The van der Waals surface area contributed by atoms with Crippen molar-refractivity contribution in [2.75, 3.05) is 6.54 Å². The molecule has 0 saturated carbocycles. The molecule has 0 bridgehead atoms. The maximum absolute atomic E-state index is 13.1. The van der Waals surface area contributed by atoms with Gasteiger partial charge in [0.2, 0.25) is 0 Å². The van der Waals surface area contributed by atoms with Crippen LogP contribution in [0.1, 0.15) is 51.7 Å². The van der Waals surface area contributed by atoms with Crippen molar-refractivity contribution in [1.29, 1.82) is 0 Å². The molecule has 1 aliphatic heterocycles. The number of rotatable bonds is 4. The Bertz CT molecular complexity index is 1010. The Morgan fingerprint density at radius 1 is 0.962 bits per heavy atom. The molecule has 0 radical (unpaired) electrons. The van der Waals surface area contributed by atoms with Crippen LogP contribution in [0.25, 0.3) is 10.9 Å². The van der Waals surface area contributed by atoms with E-state index in [-0.39, 0.29) is 17.7 Å². The van der Waals surface area contributed by atoms with Gasteiger partial charge in [-0.25, -0.2) is 0 Å². The maximum Gasteiger partial charge on any atom is 0.263 e. The Hall–Kier alpha value is -3.08. The molecule has 1 aromatic carbocycles. The van der Waals surface area contributed by atoms with Crippen LogP contribution in [0.5, 0.6) is 0 Å². The molecule has 26 heavy (non-hydrogen) atoms. The predicted octanol–water partition coefficient (Wildman–Crippen LogP) is 3.59. The first-order valence-corrected chi connectivity index (χ1v) is 8.75. The number of imide groups is 1. The van der Waals surface area contributed by atoms with E-state index in [9.17, 15) is 9.59 Å². The summed E-state index contributed by atoms with van der Waals surface area (Å²) in [4.78, 5) is 36.2. The second kappa shape index (κ2) is 6.33. The van der Waals surface area contributed by atoms with Crippen LogP contribution in [0.4, 0.5) is 0 Å². The number of carbonyl (C=O) groups is 2. The fraction of sp³-hybridized carbons (Fsp3) is 0.238. The second-order valence-electron chi connectivity index (χ2n) is 6.79. The summed E-state index contributed by atoms with van der Waals surface area (Å²) in [6, 6.07) is 11.3. The molecule has 4 rings (SSSR count). The molecule has 1 aliphatic rings. The summed E-state index contributed by atoms with van der Waals surface area (Å²) >= 11 is 0. The lowest BCUT2D eigenvalue weighted by molar-refractivity contribution is 0.0656. The van der Waals surface area contributed by atoms with E-state index in [1.54, 1.807) is 12.4 Å². The highest BCUT2D eigenvalue weighted by Gasteiger charge is 2.39. The van der Waals surface area contributed by atoms with E-state index in [0.29, 0.717) is 29.8 Å². The molecular formula is C21H19N3O2. The lowest BCUT2D eigenvalue weighted by atomic mass is 9.97. The van der Waals surface area contributed by atoms with E-state index < -0.39 is 0 Å². The van der Waals surface area contributed by atoms with Gasteiger partial charge in [0.05, 0.1) is 22.3 Å². The molecule has 0 N–H and O–H groups in total. The van der Waals surface area contributed by atoms with Crippen molar-refractivity contribution in [2.45, 2.75) is 26.2 Å². The summed E-state index contributed by atoms with van der Waals surface area (Å²) < 4.78 is 0. The van der Waals surface area contributed by atoms with Gasteiger partial charge in [0.15, 0.2) is 0 Å². The third kappa shape index (κ3) is 2.56. The lowest BCUT2D eigenvalue weighted by Gasteiger charge is -2.14. The van der Waals surface area contributed by atoms with E-state index in [1.807, 2.05) is 50.2 Å². The van der Waals surface area contributed by atoms with Gasteiger partial charge in [-0.15, -0.1) is 0 Å². The molecule has 0 atom stereocenters. The van der Waals surface area contributed by atoms with Gasteiger partial charge in [0.1, 0.15) is 0 Å². The molecule has 0 fully saturated rings. The first-order chi connectivity index (χ1) is 12.6. The number of nitrogens with zero attached hydrogens (tertiary/aromatic N) is 3.